The lowest BCUT2D eigenvalue weighted by molar-refractivity contribution is 0.0903. The topological polar surface area (TPSA) is 54.3 Å². The van der Waals surface area contributed by atoms with Gasteiger partial charge in [0.2, 0.25) is 0 Å². The molecule has 2 aliphatic rings. The molecule has 24 heavy (non-hydrogen) atoms. The van der Waals surface area contributed by atoms with E-state index >= 15 is 0 Å². The molecule has 0 aliphatic carbocycles. The van der Waals surface area contributed by atoms with Crippen LogP contribution in [0, 0.1) is 0 Å². The van der Waals surface area contributed by atoms with E-state index in [2.05, 4.69) is 48.7 Å². The van der Waals surface area contributed by atoms with Gasteiger partial charge in [0, 0.05) is 23.7 Å². The number of carbonyl (C=O) groups excluding carboxylic acids is 1. The van der Waals surface area contributed by atoms with Gasteiger partial charge in [-0.15, -0.1) is 0 Å². The Morgan fingerprint density at radius 1 is 1.17 bits per heavy atom. The van der Waals surface area contributed by atoms with Gasteiger partial charge < -0.3 is 15.1 Å². The summed E-state index contributed by atoms with van der Waals surface area (Å²) >= 11 is 0. The third-order valence-corrected chi connectivity index (χ3v) is 5.31. The first kappa shape index (κ1) is 15.5. The van der Waals surface area contributed by atoms with Gasteiger partial charge in [-0.25, -0.2) is 0 Å². The van der Waals surface area contributed by atoms with Crippen LogP contribution in [0.25, 0.3) is 11.3 Å². The van der Waals surface area contributed by atoms with Crippen molar-refractivity contribution in [2.75, 3.05) is 0 Å². The molecule has 2 N–H and O–H groups in total. The highest BCUT2D eigenvalue weighted by Crippen LogP contribution is 2.29. The van der Waals surface area contributed by atoms with E-state index in [1.54, 1.807) is 6.07 Å². The predicted octanol–water partition coefficient (Wildman–Crippen LogP) is 3.69. The summed E-state index contributed by atoms with van der Waals surface area (Å²) < 4.78 is 5.79. The summed E-state index contributed by atoms with van der Waals surface area (Å²) in [5, 5.41) is 6.65. The van der Waals surface area contributed by atoms with Crippen molar-refractivity contribution in [2.45, 2.75) is 57.2 Å². The van der Waals surface area contributed by atoms with Gasteiger partial charge in [-0.05, 0) is 42.9 Å². The number of amides is 1. The first-order valence-corrected chi connectivity index (χ1v) is 8.87. The molecule has 4 heteroatoms. The second-order valence-corrected chi connectivity index (χ2v) is 7.30. The maximum atomic E-state index is 12.4. The van der Waals surface area contributed by atoms with Gasteiger partial charge in [0.25, 0.3) is 5.91 Å². The minimum atomic E-state index is -0.112. The zero-order valence-electron chi connectivity index (χ0n) is 14.2. The lowest BCUT2D eigenvalue weighted by Gasteiger charge is -2.20. The summed E-state index contributed by atoms with van der Waals surface area (Å²) in [7, 11) is 0. The molecule has 4 nitrogen and oxygen atoms in total. The fourth-order valence-corrected chi connectivity index (χ4v) is 3.87. The highest BCUT2D eigenvalue weighted by Gasteiger charge is 2.39. The zero-order valence-corrected chi connectivity index (χ0v) is 14.2. The SMILES string of the molecule is CC(C)c1ccc(-c2ccc(C(=O)NC3CC4CCC3N4)o2)cc1. The van der Waals surface area contributed by atoms with Crippen LogP contribution in [0.3, 0.4) is 0 Å². The normalized spacial score (nSPS) is 25.4. The van der Waals surface area contributed by atoms with E-state index in [0.717, 1.165) is 24.2 Å². The highest BCUT2D eigenvalue weighted by molar-refractivity contribution is 5.92. The summed E-state index contributed by atoms with van der Waals surface area (Å²) in [6, 6.07) is 13.2. The van der Waals surface area contributed by atoms with Crippen LogP contribution < -0.4 is 10.6 Å². The van der Waals surface area contributed by atoms with Crippen LogP contribution in [0.2, 0.25) is 0 Å². The summed E-state index contributed by atoms with van der Waals surface area (Å²) in [6.45, 7) is 4.35. The molecule has 126 valence electrons. The van der Waals surface area contributed by atoms with E-state index in [9.17, 15) is 4.79 Å². The number of fused-ring (bicyclic) bond motifs is 2. The van der Waals surface area contributed by atoms with Crippen LogP contribution in [-0.4, -0.2) is 24.0 Å². The molecular formula is C20H24N2O2. The fourth-order valence-electron chi connectivity index (χ4n) is 3.87. The average Bonchev–Trinajstić information content (AvgIpc) is 3.31. The van der Waals surface area contributed by atoms with E-state index in [1.807, 2.05) is 6.07 Å². The molecule has 1 aromatic carbocycles. The van der Waals surface area contributed by atoms with Gasteiger partial charge in [-0.1, -0.05) is 38.1 Å². The van der Waals surface area contributed by atoms with Crippen molar-refractivity contribution in [1.29, 1.82) is 0 Å². The van der Waals surface area contributed by atoms with Crippen molar-refractivity contribution in [3.05, 3.63) is 47.7 Å². The molecule has 0 saturated carbocycles. The highest BCUT2D eigenvalue weighted by atomic mass is 16.3. The number of hydrogen-bond donors (Lipinski definition) is 2. The minimum Gasteiger partial charge on any atom is -0.451 e. The van der Waals surface area contributed by atoms with Gasteiger partial charge in [-0.2, -0.15) is 0 Å². The molecule has 4 rings (SSSR count). The number of furan rings is 1. The van der Waals surface area contributed by atoms with Crippen LogP contribution in [0.4, 0.5) is 0 Å². The minimum absolute atomic E-state index is 0.112. The summed E-state index contributed by atoms with van der Waals surface area (Å²) in [5.74, 6) is 1.52. The van der Waals surface area contributed by atoms with Crippen LogP contribution in [0.1, 0.15) is 55.1 Å². The van der Waals surface area contributed by atoms with Crippen molar-refractivity contribution in [1.82, 2.24) is 10.6 Å². The van der Waals surface area contributed by atoms with E-state index in [4.69, 9.17) is 4.42 Å². The Labute approximate surface area is 142 Å². The Morgan fingerprint density at radius 3 is 2.58 bits per heavy atom. The largest absolute Gasteiger partial charge is 0.451 e. The van der Waals surface area contributed by atoms with Crippen molar-refractivity contribution >= 4 is 5.91 Å². The van der Waals surface area contributed by atoms with Crippen LogP contribution in [-0.2, 0) is 0 Å². The van der Waals surface area contributed by atoms with Crippen molar-refractivity contribution < 1.29 is 9.21 Å². The molecule has 0 spiro atoms. The maximum absolute atomic E-state index is 12.4. The lowest BCUT2D eigenvalue weighted by atomic mass is 9.95. The zero-order chi connectivity index (χ0) is 16.7. The van der Waals surface area contributed by atoms with Crippen LogP contribution >= 0.6 is 0 Å². The van der Waals surface area contributed by atoms with Crippen molar-refractivity contribution in [3.8, 4) is 11.3 Å². The van der Waals surface area contributed by atoms with E-state index in [-0.39, 0.29) is 11.9 Å². The Morgan fingerprint density at radius 2 is 1.96 bits per heavy atom. The number of hydrogen-bond acceptors (Lipinski definition) is 3. The molecule has 1 aromatic heterocycles. The number of benzene rings is 1. The quantitative estimate of drug-likeness (QED) is 0.902. The van der Waals surface area contributed by atoms with E-state index in [1.165, 1.54) is 12.0 Å². The molecule has 3 atom stereocenters. The Kier molecular flexibility index (Phi) is 3.93. The van der Waals surface area contributed by atoms with Crippen LogP contribution in [0.15, 0.2) is 40.8 Å². The number of carbonyl (C=O) groups is 1. The summed E-state index contributed by atoms with van der Waals surface area (Å²) in [6.07, 6.45) is 3.41. The maximum Gasteiger partial charge on any atom is 0.287 e. The van der Waals surface area contributed by atoms with E-state index in [0.29, 0.717) is 23.8 Å². The predicted molar refractivity (Wildman–Crippen MR) is 94.0 cm³/mol. The second-order valence-electron chi connectivity index (χ2n) is 7.30. The van der Waals surface area contributed by atoms with E-state index < -0.39 is 0 Å². The monoisotopic (exact) mass is 324 g/mol. The first-order chi connectivity index (χ1) is 11.6. The molecule has 3 unspecified atom stereocenters. The number of rotatable bonds is 4. The molecule has 2 saturated heterocycles. The van der Waals surface area contributed by atoms with Gasteiger partial charge in [0.05, 0.1) is 0 Å². The third-order valence-electron chi connectivity index (χ3n) is 5.31. The van der Waals surface area contributed by atoms with Gasteiger partial charge >= 0.3 is 0 Å². The van der Waals surface area contributed by atoms with Crippen molar-refractivity contribution in [3.63, 3.8) is 0 Å². The summed E-state index contributed by atoms with van der Waals surface area (Å²) in [4.78, 5) is 12.4. The van der Waals surface area contributed by atoms with Gasteiger partial charge in [0.1, 0.15) is 5.76 Å². The average molecular weight is 324 g/mol. The number of nitrogens with one attached hydrogen (secondary N) is 2. The molecule has 2 aliphatic heterocycles. The third kappa shape index (κ3) is 2.86. The molecule has 3 heterocycles. The smallest absolute Gasteiger partial charge is 0.287 e. The molecule has 2 bridgehead atoms. The summed E-state index contributed by atoms with van der Waals surface area (Å²) in [5.41, 5.74) is 2.30. The molecule has 1 amide bonds. The Bertz CT molecular complexity index is 732. The second kappa shape index (κ2) is 6.10. The molecule has 0 radical (unpaired) electrons. The van der Waals surface area contributed by atoms with Gasteiger partial charge in [-0.3, -0.25) is 4.79 Å². The molecule has 2 fully saturated rings. The Hall–Kier alpha value is -2.07. The van der Waals surface area contributed by atoms with Crippen molar-refractivity contribution in [2.24, 2.45) is 0 Å². The fraction of sp³-hybridized carbons (Fsp3) is 0.450. The van der Waals surface area contributed by atoms with Gasteiger partial charge in [0.15, 0.2) is 5.76 Å². The Balaban J connectivity index is 1.45. The first-order valence-electron chi connectivity index (χ1n) is 8.87. The molecule has 2 aromatic rings. The molecular weight excluding hydrogens is 300 g/mol. The standard InChI is InChI=1S/C20H24N2O2/c1-12(2)13-3-5-14(6-4-13)18-9-10-19(24-18)20(23)22-17-11-15-7-8-16(17)21-15/h3-6,9-10,12,15-17,21H,7-8,11H2,1-2H3,(H,22,23). The van der Waals surface area contributed by atoms with Crippen LogP contribution in [0.5, 0.6) is 0 Å². The lowest BCUT2D eigenvalue weighted by Crippen LogP contribution is -2.42.